The number of benzene rings is 2. The van der Waals surface area contributed by atoms with Crippen molar-refractivity contribution in [2.75, 3.05) is 11.5 Å². The van der Waals surface area contributed by atoms with Gasteiger partial charge in [-0.2, -0.15) is 4.36 Å². The molecule has 98 valence electrons. The minimum absolute atomic E-state index is 0.656. The van der Waals surface area contributed by atoms with Gasteiger partial charge in [0.05, 0.1) is 9.73 Å². The molecular formula is C15H15NO2S. The molecule has 1 aliphatic heterocycles. The maximum absolute atomic E-state index is 12.2. The predicted molar refractivity (Wildman–Crippen MR) is 77.5 cm³/mol. The molecule has 3 rings (SSSR count). The second kappa shape index (κ2) is 5.05. The highest BCUT2D eigenvalue weighted by molar-refractivity contribution is 7.95. The summed E-state index contributed by atoms with van der Waals surface area (Å²) in [5.41, 5.74) is 0.677. The fourth-order valence-electron chi connectivity index (χ4n) is 1.90. The van der Waals surface area contributed by atoms with Crippen LogP contribution in [0.25, 0.3) is 0 Å². The third-order valence-corrected chi connectivity index (χ3v) is 5.41. The summed E-state index contributed by atoms with van der Waals surface area (Å²) in [6.07, 6.45) is 1.00. The molecule has 1 fully saturated rings. The zero-order valence-corrected chi connectivity index (χ0v) is 11.3. The monoisotopic (exact) mass is 273 g/mol. The third kappa shape index (κ3) is 2.79. The molecule has 0 aliphatic carbocycles. The van der Waals surface area contributed by atoms with Gasteiger partial charge in [-0.05, 0) is 30.7 Å². The number of hydrogen-bond acceptors (Lipinski definition) is 3. The van der Waals surface area contributed by atoms with Crippen molar-refractivity contribution in [1.82, 2.24) is 0 Å². The Hall–Kier alpha value is -1.81. The van der Waals surface area contributed by atoms with Crippen LogP contribution in [0.2, 0.25) is 0 Å². The number of ether oxygens (including phenoxy) is 1. The SMILES string of the molecule is O=S1(=Nc2ccccc2Oc2ccccc2)CCC1. The fraction of sp³-hybridized carbons (Fsp3) is 0.200. The Balaban J connectivity index is 1.94. The van der Waals surface area contributed by atoms with Crippen LogP contribution in [0.15, 0.2) is 59.0 Å². The van der Waals surface area contributed by atoms with E-state index in [9.17, 15) is 4.21 Å². The van der Waals surface area contributed by atoms with E-state index >= 15 is 0 Å². The van der Waals surface area contributed by atoms with Crippen molar-refractivity contribution in [3.8, 4) is 11.5 Å². The highest BCUT2D eigenvalue weighted by Gasteiger charge is 2.20. The Morgan fingerprint density at radius 2 is 1.63 bits per heavy atom. The summed E-state index contributed by atoms with van der Waals surface area (Å²) in [6.45, 7) is 0. The quantitative estimate of drug-likeness (QED) is 0.848. The van der Waals surface area contributed by atoms with Crippen LogP contribution >= 0.6 is 0 Å². The Labute approximate surface area is 113 Å². The number of nitrogens with zero attached hydrogens (tertiary/aromatic N) is 1. The molecule has 0 atom stereocenters. The minimum Gasteiger partial charge on any atom is -0.455 e. The molecule has 0 bridgehead atoms. The topological polar surface area (TPSA) is 38.7 Å². The molecule has 0 saturated carbocycles. The molecule has 19 heavy (non-hydrogen) atoms. The zero-order valence-electron chi connectivity index (χ0n) is 10.5. The molecule has 3 nitrogen and oxygen atoms in total. The van der Waals surface area contributed by atoms with E-state index in [1.807, 2.05) is 54.6 Å². The molecule has 2 aromatic carbocycles. The fourth-order valence-corrected chi connectivity index (χ4v) is 3.37. The van der Waals surface area contributed by atoms with Crippen LogP contribution in [0.1, 0.15) is 6.42 Å². The second-order valence-electron chi connectivity index (χ2n) is 4.51. The first-order chi connectivity index (χ1) is 9.25. The van der Waals surface area contributed by atoms with Crippen molar-refractivity contribution in [2.45, 2.75) is 6.42 Å². The maximum Gasteiger partial charge on any atom is 0.153 e. The maximum atomic E-state index is 12.2. The Morgan fingerprint density at radius 3 is 2.32 bits per heavy atom. The smallest absolute Gasteiger partial charge is 0.153 e. The number of hydrogen-bond donors (Lipinski definition) is 0. The standard InChI is InChI=1S/C15H15NO2S/c17-19(11-6-12-19)16-14-9-4-5-10-15(14)18-13-7-2-1-3-8-13/h1-5,7-10H,6,11-12H2. The van der Waals surface area contributed by atoms with E-state index in [1.54, 1.807) is 0 Å². The van der Waals surface area contributed by atoms with E-state index in [2.05, 4.69) is 4.36 Å². The van der Waals surface area contributed by atoms with E-state index in [0.717, 1.165) is 12.2 Å². The lowest BCUT2D eigenvalue weighted by Crippen LogP contribution is -2.22. The van der Waals surface area contributed by atoms with Gasteiger partial charge < -0.3 is 4.74 Å². The second-order valence-corrected chi connectivity index (χ2v) is 7.05. The van der Waals surface area contributed by atoms with E-state index < -0.39 is 9.73 Å². The van der Waals surface area contributed by atoms with Gasteiger partial charge in [0, 0.05) is 11.5 Å². The van der Waals surface area contributed by atoms with Gasteiger partial charge in [-0.1, -0.05) is 30.3 Å². The van der Waals surface area contributed by atoms with Crippen molar-refractivity contribution in [1.29, 1.82) is 0 Å². The molecule has 1 saturated heterocycles. The molecule has 1 heterocycles. The Kier molecular flexibility index (Phi) is 3.25. The van der Waals surface area contributed by atoms with Gasteiger partial charge in [0.15, 0.2) is 5.75 Å². The zero-order chi connectivity index (χ0) is 13.1. The van der Waals surface area contributed by atoms with Crippen LogP contribution in [-0.4, -0.2) is 15.7 Å². The van der Waals surface area contributed by atoms with Crippen LogP contribution in [-0.2, 0) is 9.73 Å². The van der Waals surface area contributed by atoms with E-state index in [0.29, 0.717) is 22.9 Å². The summed E-state index contributed by atoms with van der Waals surface area (Å²) in [5.74, 6) is 2.82. The molecule has 4 heteroatoms. The molecule has 0 radical (unpaired) electrons. The predicted octanol–water partition coefficient (Wildman–Crippen LogP) is 3.98. The summed E-state index contributed by atoms with van der Waals surface area (Å²) in [5, 5.41) is 0. The average Bonchev–Trinajstić information content (AvgIpc) is 2.40. The van der Waals surface area contributed by atoms with Gasteiger partial charge >= 0.3 is 0 Å². The van der Waals surface area contributed by atoms with Gasteiger partial charge in [-0.25, -0.2) is 4.21 Å². The molecular weight excluding hydrogens is 258 g/mol. The highest BCUT2D eigenvalue weighted by atomic mass is 32.2. The third-order valence-electron chi connectivity index (χ3n) is 3.03. The largest absolute Gasteiger partial charge is 0.455 e. The van der Waals surface area contributed by atoms with Gasteiger partial charge in [0.1, 0.15) is 11.4 Å². The summed E-state index contributed by atoms with van der Waals surface area (Å²) in [4.78, 5) is 0. The lowest BCUT2D eigenvalue weighted by Gasteiger charge is -2.18. The first kappa shape index (κ1) is 12.2. The van der Waals surface area contributed by atoms with Crippen molar-refractivity contribution in [3.63, 3.8) is 0 Å². The van der Waals surface area contributed by atoms with Gasteiger partial charge in [0.2, 0.25) is 0 Å². The van der Waals surface area contributed by atoms with Gasteiger partial charge in [0.25, 0.3) is 0 Å². The summed E-state index contributed by atoms with van der Waals surface area (Å²) >= 11 is 0. The van der Waals surface area contributed by atoms with Crippen LogP contribution in [0, 0.1) is 0 Å². The molecule has 1 aliphatic rings. The summed E-state index contributed by atoms with van der Waals surface area (Å²) in [6, 6.07) is 17.0. The summed E-state index contributed by atoms with van der Waals surface area (Å²) in [7, 11) is -2.01. The number of rotatable bonds is 3. The molecule has 0 unspecified atom stereocenters. The highest BCUT2D eigenvalue weighted by Crippen LogP contribution is 2.33. The normalized spacial score (nSPS) is 16.4. The van der Waals surface area contributed by atoms with Crippen LogP contribution in [0.3, 0.4) is 0 Å². The molecule has 0 spiro atoms. The van der Waals surface area contributed by atoms with E-state index in [4.69, 9.17) is 4.74 Å². The summed E-state index contributed by atoms with van der Waals surface area (Å²) < 4.78 is 22.4. The Bertz CT molecular complexity index is 678. The Morgan fingerprint density at radius 1 is 0.947 bits per heavy atom. The first-order valence-electron chi connectivity index (χ1n) is 6.30. The van der Waals surface area contributed by atoms with E-state index in [-0.39, 0.29) is 0 Å². The number of para-hydroxylation sites is 2. The van der Waals surface area contributed by atoms with Crippen molar-refractivity contribution < 1.29 is 8.95 Å². The lowest BCUT2D eigenvalue weighted by atomic mass is 10.3. The van der Waals surface area contributed by atoms with Crippen LogP contribution < -0.4 is 4.74 Å². The molecule has 0 N–H and O–H groups in total. The van der Waals surface area contributed by atoms with Crippen molar-refractivity contribution in [3.05, 3.63) is 54.6 Å². The lowest BCUT2D eigenvalue weighted by molar-refractivity contribution is 0.484. The van der Waals surface area contributed by atoms with E-state index in [1.165, 1.54) is 0 Å². The minimum atomic E-state index is -2.01. The van der Waals surface area contributed by atoms with Crippen LogP contribution in [0.5, 0.6) is 11.5 Å². The van der Waals surface area contributed by atoms with Crippen LogP contribution in [0.4, 0.5) is 5.69 Å². The molecule has 0 aromatic heterocycles. The first-order valence-corrected chi connectivity index (χ1v) is 8.15. The average molecular weight is 273 g/mol. The molecule has 0 amide bonds. The van der Waals surface area contributed by atoms with Gasteiger partial charge in [-0.3, -0.25) is 0 Å². The molecule has 2 aromatic rings. The van der Waals surface area contributed by atoms with Crippen molar-refractivity contribution >= 4 is 15.4 Å². The van der Waals surface area contributed by atoms with Crippen molar-refractivity contribution in [2.24, 2.45) is 4.36 Å². The van der Waals surface area contributed by atoms with Gasteiger partial charge in [-0.15, -0.1) is 0 Å².